The van der Waals surface area contributed by atoms with Crippen LogP contribution in [-0.4, -0.2) is 63.3 Å². The van der Waals surface area contributed by atoms with Crippen molar-refractivity contribution in [2.75, 3.05) is 31.2 Å². The number of nitrogens with one attached hydrogen (secondary N) is 3. The van der Waals surface area contributed by atoms with Crippen molar-refractivity contribution in [3.05, 3.63) is 77.6 Å². The molecular weight excluding hydrogens is 555 g/mol. The molecule has 1 aromatic heterocycles. The number of carboxylic acid groups (broad SMARTS) is 1. The average Bonchev–Trinajstić information content (AvgIpc) is 3.55. The van der Waals surface area contributed by atoms with Gasteiger partial charge < -0.3 is 14.8 Å². The Hall–Kier alpha value is -4.95. The lowest BCUT2D eigenvalue weighted by molar-refractivity contribution is -0.139. The van der Waals surface area contributed by atoms with E-state index in [9.17, 15) is 22.4 Å². The maximum atomic E-state index is 13.6. The first-order valence-electron chi connectivity index (χ1n) is 12.2. The van der Waals surface area contributed by atoms with E-state index in [-0.39, 0.29) is 29.1 Å². The molecule has 12 nitrogen and oxygen atoms in total. The Kier molecular flexibility index (Phi) is 7.11. The Morgan fingerprint density at radius 3 is 2.46 bits per heavy atom. The number of hydrogen-bond donors (Lipinski definition) is 4. The number of hydrazone groups is 1. The molecule has 212 valence electrons. The number of amidine groups is 1. The molecule has 1 amide bonds. The molecule has 4 aromatic rings. The number of amides is 1. The summed E-state index contributed by atoms with van der Waals surface area (Å²) >= 11 is 0. The lowest BCUT2D eigenvalue weighted by atomic mass is 9.97. The van der Waals surface area contributed by atoms with E-state index in [0.29, 0.717) is 33.5 Å². The van der Waals surface area contributed by atoms with Gasteiger partial charge in [-0.2, -0.15) is 0 Å². The summed E-state index contributed by atoms with van der Waals surface area (Å²) in [6.07, 6.45) is 1.07. The molecule has 0 bridgehead atoms. The highest BCUT2D eigenvalue weighted by atomic mass is 32.2. The van der Waals surface area contributed by atoms with E-state index >= 15 is 0 Å². The van der Waals surface area contributed by atoms with Crippen LogP contribution in [0.25, 0.3) is 33.4 Å². The predicted octanol–water partition coefficient (Wildman–Crippen LogP) is 2.73. The number of rotatable bonds is 8. The van der Waals surface area contributed by atoms with E-state index in [1.54, 1.807) is 36.4 Å². The summed E-state index contributed by atoms with van der Waals surface area (Å²) in [6, 6.07) is 15.7. The molecule has 2 heterocycles. The standard InChI is InChI=1S/C27H25FN6O6S/c1-29-27(37)24-20-12-19(16-5-4-6-17(11-16)26-30-32-34(31-26)14-23(35)36)21(33(2)41(3,38)39)13-22(20)40-25(24)15-7-9-18(28)10-8-15/h4-13,32H,14H2,1-3H3,(H,29,37)(H,30,31)(H,35,36). The van der Waals surface area contributed by atoms with Crippen LogP contribution in [-0.2, 0) is 14.8 Å². The largest absolute Gasteiger partial charge is 0.480 e. The minimum atomic E-state index is -3.72. The second-order valence-electron chi connectivity index (χ2n) is 9.22. The van der Waals surface area contributed by atoms with E-state index < -0.39 is 27.7 Å². The Morgan fingerprint density at radius 2 is 1.80 bits per heavy atom. The van der Waals surface area contributed by atoms with Crippen LogP contribution < -0.4 is 20.6 Å². The van der Waals surface area contributed by atoms with E-state index in [1.165, 1.54) is 43.5 Å². The molecule has 0 spiro atoms. The van der Waals surface area contributed by atoms with Crippen molar-refractivity contribution >= 4 is 44.4 Å². The van der Waals surface area contributed by atoms with E-state index in [4.69, 9.17) is 9.52 Å². The monoisotopic (exact) mass is 580 g/mol. The SMILES string of the molecule is CNC(=O)c1c(-c2ccc(F)cc2)oc2cc(N(C)S(C)(=O)=O)c(-c3cccc(C4=NNN(CC(=O)O)N4)c3)cc12. The maximum absolute atomic E-state index is 13.6. The van der Waals surface area contributed by atoms with E-state index in [1.807, 2.05) is 0 Å². The van der Waals surface area contributed by atoms with Crippen LogP contribution in [0.3, 0.4) is 0 Å². The highest BCUT2D eigenvalue weighted by molar-refractivity contribution is 7.92. The number of hydrazine groups is 2. The van der Waals surface area contributed by atoms with Gasteiger partial charge in [-0.25, -0.2) is 18.3 Å². The fraction of sp³-hybridized carbons (Fsp3) is 0.148. The van der Waals surface area contributed by atoms with Crippen LogP contribution in [0.2, 0.25) is 0 Å². The van der Waals surface area contributed by atoms with Crippen molar-refractivity contribution < 1.29 is 31.9 Å². The van der Waals surface area contributed by atoms with Gasteiger partial charge in [0.2, 0.25) is 10.0 Å². The van der Waals surface area contributed by atoms with Crippen molar-refractivity contribution in [3.63, 3.8) is 0 Å². The average molecular weight is 581 g/mol. The second kappa shape index (κ2) is 10.6. The normalized spacial score (nSPS) is 13.4. The molecule has 0 unspecified atom stereocenters. The third-order valence-corrected chi connectivity index (χ3v) is 7.66. The lowest BCUT2D eigenvalue weighted by Crippen LogP contribution is -2.44. The van der Waals surface area contributed by atoms with Crippen molar-refractivity contribution in [2.45, 2.75) is 0 Å². The van der Waals surface area contributed by atoms with E-state index in [0.717, 1.165) is 10.6 Å². The van der Waals surface area contributed by atoms with Crippen LogP contribution in [0.15, 0.2) is 70.2 Å². The molecule has 5 rings (SSSR count). The molecule has 0 saturated heterocycles. The quantitative estimate of drug-likeness (QED) is 0.246. The van der Waals surface area contributed by atoms with Gasteiger partial charge in [0.15, 0.2) is 5.84 Å². The Bertz CT molecular complexity index is 1820. The van der Waals surface area contributed by atoms with Crippen molar-refractivity contribution in [1.29, 1.82) is 0 Å². The van der Waals surface area contributed by atoms with Gasteiger partial charge in [0.05, 0.1) is 17.5 Å². The molecule has 41 heavy (non-hydrogen) atoms. The summed E-state index contributed by atoms with van der Waals surface area (Å²) in [4.78, 5) is 24.1. The first-order valence-corrected chi connectivity index (χ1v) is 14.0. The molecule has 0 fully saturated rings. The highest BCUT2D eigenvalue weighted by Crippen LogP contribution is 2.41. The first kappa shape index (κ1) is 27.6. The fourth-order valence-corrected chi connectivity index (χ4v) is 4.93. The number of benzene rings is 3. The molecule has 4 N–H and O–H groups in total. The van der Waals surface area contributed by atoms with Gasteiger partial charge in [-0.3, -0.25) is 19.3 Å². The van der Waals surface area contributed by atoms with Gasteiger partial charge in [-0.15, -0.1) is 10.2 Å². The van der Waals surface area contributed by atoms with E-state index in [2.05, 4.69) is 21.4 Å². The Labute approximate surface area is 234 Å². The van der Waals surface area contributed by atoms with Crippen LogP contribution in [0.5, 0.6) is 0 Å². The van der Waals surface area contributed by atoms with Crippen molar-refractivity contribution in [3.8, 4) is 22.5 Å². The summed E-state index contributed by atoms with van der Waals surface area (Å²) in [6.45, 7) is -0.355. The molecule has 14 heteroatoms. The summed E-state index contributed by atoms with van der Waals surface area (Å²) < 4.78 is 46.1. The third kappa shape index (κ3) is 5.42. The summed E-state index contributed by atoms with van der Waals surface area (Å²) in [5, 5.41) is 17.4. The number of carboxylic acids is 1. The number of halogens is 1. The zero-order valence-electron chi connectivity index (χ0n) is 22.1. The maximum Gasteiger partial charge on any atom is 0.321 e. The number of sulfonamides is 1. The predicted molar refractivity (Wildman–Crippen MR) is 151 cm³/mol. The zero-order valence-corrected chi connectivity index (χ0v) is 22.9. The Balaban J connectivity index is 1.70. The summed E-state index contributed by atoms with van der Waals surface area (Å²) in [5.74, 6) is -1.41. The Morgan fingerprint density at radius 1 is 1.10 bits per heavy atom. The number of carbonyl (C=O) groups is 2. The number of aliphatic carboxylic acids is 1. The van der Waals surface area contributed by atoms with Crippen molar-refractivity contribution in [2.24, 2.45) is 5.10 Å². The third-order valence-electron chi connectivity index (χ3n) is 6.47. The first-order chi connectivity index (χ1) is 19.5. The minimum Gasteiger partial charge on any atom is -0.480 e. The van der Waals surface area contributed by atoms with Crippen LogP contribution in [0.4, 0.5) is 10.1 Å². The number of nitrogens with zero attached hydrogens (tertiary/aromatic N) is 3. The number of hydrogen-bond acceptors (Lipinski definition) is 9. The molecule has 1 aliphatic rings. The van der Waals surface area contributed by atoms with Gasteiger partial charge in [-0.1, -0.05) is 18.2 Å². The van der Waals surface area contributed by atoms with Crippen molar-refractivity contribution in [1.82, 2.24) is 21.4 Å². The second-order valence-corrected chi connectivity index (χ2v) is 11.2. The van der Waals surface area contributed by atoms with Gasteiger partial charge in [0.25, 0.3) is 5.91 Å². The molecule has 0 aliphatic carbocycles. The van der Waals surface area contributed by atoms with Crippen LogP contribution in [0.1, 0.15) is 15.9 Å². The summed E-state index contributed by atoms with van der Waals surface area (Å²) in [7, 11) is -0.837. The minimum absolute atomic E-state index is 0.201. The highest BCUT2D eigenvalue weighted by Gasteiger charge is 2.26. The molecule has 0 atom stereocenters. The molecule has 1 aliphatic heterocycles. The number of carbonyl (C=O) groups excluding carboxylic acids is 1. The molecule has 3 aromatic carbocycles. The number of fused-ring (bicyclic) bond motifs is 1. The lowest BCUT2D eigenvalue weighted by Gasteiger charge is -2.21. The molecule has 0 radical (unpaired) electrons. The number of furan rings is 1. The van der Waals surface area contributed by atoms with Gasteiger partial charge >= 0.3 is 5.97 Å². The van der Waals surface area contributed by atoms with Gasteiger partial charge in [-0.05, 0) is 42.0 Å². The van der Waals surface area contributed by atoms with Gasteiger partial charge in [0.1, 0.15) is 23.7 Å². The smallest absolute Gasteiger partial charge is 0.321 e. The fourth-order valence-electron chi connectivity index (χ4n) is 4.42. The number of anilines is 1. The summed E-state index contributed by atoms with van der Waals surface area (Å²) in [5.41, 5.74) is 8.28. The topological polar surface area (TPSA) is 157 Å². The van der Waals surface area contributed by atoms with Gasteiger partial charge in [0, 0.05) is 42.2 Å². The van der Waals surface area contributed by atoms with Crippen LogP contribution in [0, 0.1) is 5.82 Å². The zero-order chi connectivity index (χ0) is 29.5. The molecular formula is C27H25FN6O6S. The van der Waals surface area contributed by atoms with Crippen LogP contribution >= 0.6 is 0 Å². The molecule has 0 saturated carbocycles.